The molecule has 2 aromatic heterocycles. The van der Waals surface area contributed by atoms with Crippen molar-refractivity contribution in [3.05, 3.63) is 63.0 Å². The zero-order valence-electron chi connectivity index (χ0n) is 14.3. The Balaban J connectivity index is 1.48. The maximum Gasteiger partial charge on any atom is 0.221 e. The molecule has 0 atom stereocenters. The van der Waals surface area contributed by atoms with Crippen molar-refractivity contribution in [1.29, 1.82) is 0 Å². The fraction of sp³-hybridized carbons (Fsp3) is 0.222. The maximum atomic E-state index is 12.0. The Morgan fingerprint density at radius 3 is 2.78 bits per heavy atom. The first-order chi connectivity index (χ1) is 13.0. The van der Waals surface area contributed by atoms with Gasteiger partial charge in [0.1, 0.15) is 5.82 Å². The molecule has 0 unspecified atom stereocenters. The van der Waals surface area contributed by atoms with Crippen LogP contribution < -0.4 is 16.1 Å². The molecule has 0 fully saturated rings. The van der Waals surface area contributed by atoms with Gasteiger partial charge >= 0.3 is 0 Å². The lowest BCUT2D eigenvalue weighted by molar-refractivity contribution is -0.121. The summed E-state index contributed by atoms with van der Waals surface area (Å²) in [6.07, 6.45) is 3.02. The quantitative estimate of drug-likeness (QED) is 0.589. The van der Waals surface area contributed by atoms with Gasteiger partial charge in [0.15, 0.2) is 0 Å². The van der Waals surface area contributed by atoms with Crippen LogP contribution in [0, 0.1) is 0 Å². The van der Waals surface area contributed by atoms with Crippen molar-refractivity contribution in [2.45, 2.75) is 13.0 Å². The van der Waals surface area contributed by atoms with Crippen molar-refractivity contribution < 1.29 is 4.79 Å². The highest BCUT2D eigenvalue weighted by Gasteiger charge is 2.07. The van der Waals surface area contributed by atoms with Gasteiger partial charge in [0, 0.05) is 31.1 Å². The van der Waals surface area contributed by atoms with E-state index in [0.717, 1.165) is 0 Å². The molecule has 3 rings (SSSR count). The second kappa shape index (κ2) is 8.83. The molecule has 0 spiro atoms. The van der Waals surface area contributed by atoms with E-state index in [-0.39, 0.29) is 17.8 Å². The highest BCUT2D eigenvalue weighted by molar-refractivity contribution is 6.35. The van der Waals surface area contributed by atoms with Crippen LogP contribution in [-0.4, -0.2) is 33.8 Å². The average Bonchev–Trinajstić information content (AvgIpc) is 2.66. The molecule has 140 valence electrons. The molecule has 0 radical (unpaired) electrons. The third-order valence-electron chi connectivity index (χ3n) is 3.86. The predicted molar refractivity (Wildman–Crippen MR) is 106 cm³/mol. The van der Waals surface area contributed by atoms with E-state index in [1.165, 1.54) is 12.4 Å². The first-order valence-corrected chi connectivity index (χ1v) is 9.06. The number of aryl methyl sites for hydroxylation is 1. The van der Waals surface area contributed by atoms with Gasteiger partial charge in [0.2, 0.25) is 11.3 Å². The number of pyridine rings is 1. The van der Waals surface area contributed by atoms with Crippen molar-refractivity contribution in [3.63, 3.8) is 0 Å². The smallest absolute Gasteiger partial charge is 0.221 e. The fourth-order valence-corrected chi connectivity index (χ4v) is 3.01. The lowest BCUT2D eigenvalue weighted by Crippen LogP contribution is -2.30. The van der Waals surface area contributed by atoms with Gasteiger partial charge in [-0.25, -0.2) is 4.98 Å². The van der Waals surface area contributed by atoms with E-state index in [0.29, 0.717) is 46.4 Å². The Bertz CT molecular complexity index is 1020. The number of amides is 1. The van der Waals surface area contributed by atoms with Gasteiger partial charge in [-0.1, -0.05) is 35.3 Å². The third kappa shape index (κ3) is 4.96. The summed E-state index contributed by atoms with van der Waals surface area (Å²) in [4.78, 5) is 27.9. The van der Waals surface area contributed by atoms with Crippen LogP contribution in [0.4, 0.5) is 5.82 Å². The minimum atomic E-state index is -0.133. The van der Waals surface area contributed by atoms with Gasteiger partial charge in [-0.05, 0) is 18.2 Å². The van der Waals surface area contributed by atoms with Crippen LogP contribution in [-0.2, 0) is 11.3 Å². The summed E-state index contributed by atoms with van der Waals surface area (Å²) in [5.74, 6) is 0.399. The molecule has 7 nitrogen and oxygen atoms in total. The normalized spacial score (nSPS) is 10.7. The fourth-order valence-electron chi connectivity index (χ4n) is 2.56. The molecular weight excluding hydrogens is 389 g/mol. The second-order valence-electron chi connectivity index (χ2n) is 5.76. The van der Waals surface area contributed by atoms with E-state index >= 15 is 0 Å². The molecule has 0 bridgehead atoms. The van der Waals surface area contributed by atoms with Crippen LogP contribution in [0.15, 0.2) is 47.5 Å². The molecule has 0 aliphatic heterocycles. The molecule has 9 heteroatoms. The number of para-hydroxylation sites is 1. The van der Waals surface area contributed by atoms with Crippen LogP contribution in [0.1, 0.15) is 6.42 Å². The predicted octanol–water partition coefficient (Wildman–Crippen LogP) is 2.72. The van der Waals surface area contributed by atoms with Crippen molar-refractivity contribution in [1.82, 2.24) is 20.1 Å². The molecule has 2 heterocycles. The molecule has 0 aliphatic rings. The van der Waals surface area contributed by atoms with E-state index in [1.54, 1.807) is 22.9 Å². The molecule has 1 aromatic carbocycles. The third-order valence-corrected chi connectivity index (χ3v) is 4.35. The van der Waals surface area contributed by atoms with E-state index in [9.17, 15) is 9.59 Å². The van der Waals surface area contributed by atoms with Crippen molar-refractivity contribution in [2.75, 3.05) is 18.4 Å². The topological polar surface area (TPSA) is 88.9 Å². The second-order valence-corrected chi connectivity index (χ2v) is 6.60. The lowest BCUT2D eigenvalue weighted by atomic mass is 10.2. The van der Waals surface area contributed by atoms with E-state index in [2.05, 4.69) is 20.7 Å². The van der Waals surface area contributed by atoms with Crippen LogP contribution in [0.3, 0.4) is 0 Å². The van der Waals surface area contributed by atoms with Crippen LogP contribution >= 0.6 is 23.2 Å². The molecule has 2 N–H and O–H groups in total. The first-order valence-electron chi connectivity index (χ1n) is 8.31. The highest BCUT2D eigenvalue weighted by Crippen LogP contribution is 2.21. The van der Waals surface area contributed by atoms with Gasteiger partial charge in [-0.15, -0.1) is 0 Å². The summed E-state index contributed by atoms with van der Waals surface area (Å²) >= 11 is 11.8. The largest absolute Gasteiger partial charge is 0.367 e. The van der Waals surface area contributed by atoms with E-state index in [1.807, 2.05) is 12.1 Å². The summed E-state index contributed by atoms with van der Waals surface area (Å²) in [7, 11) is 0. The van der Waals surface area contributed by atoms with E-state index in [4.69, 9.17) is 23.2 Å². The Kier molecular flexibility index (Phi) is 6.26. The number of nitrogens with zero attached hydrogens (tertiary/aromatic N) is 3. The summed E-state index contributed by atoms with van der Waals surface area (Å²) in [5, 5.41) is 11.4. The van der Waals surface area contributed by atoms with E-state index < -0.39 is 0 Å². The summed E-state index contributed by atoms with van der Waals surface area (Å²) < 4.78 is 1.66. The average molecular weight is 406 g/mol. The Hall–Kier alpha value is -2.64. The van der Waals surface area contributed by atoms with Gasteiger partial charge < -0.3 is 10.6 Å². The number of halogens is 2. The number of carbonyl (C=O) groups excluding carboxylic acids is 1. The van der Waals surface area contributed by atoms with Gasteiger partial charge in [-0.3, -0.25) is 14.3 Å². The number of carbonyl (C=O) groups is 1. The molecule has 0 saturated heterocycles. The number of anilines is 1. The molecule has 3 aromatic rings. The van der Waals surface area contributed by atoms with Gasteiger partial charge in [0.05, 0.1) is 28.3 Å². The first kappa shape index (κ1) is 19.1. The van der Waals surface area contributed by atoms with Gasteiger partial charge in [-0.2, -0.15) is 5.10 Å². The highest BCUT2D eigenvalue weighted by atomic mass is 35.5. The maximum absolute atomic E-state index is 12.0. The molecule has 1 amide bonds. The molecule has 0 aliphatic carbocycles. The number of fused-ring (bicyclic) bond motifs is 1. The number of hydrogen-bond donors (Lipinski definition) is 2. The Morgan fingerprint density at radius 1 is 1.15 bits per heavy atom. The van der Waals surface area contributed by atoms with Crippen molar-refractivity contribution in [3.8, 4) is 0 Å². The van der Waals surface area contributed by atoms with Gasteiger partial charge in [0.25, 0.3) is 0 Å². The van der Waals surface area contributed by atoms with Crippen LogP contribution in [0.2, 0.25) is 10.0 Å². The number of aromatic nitrogens is 3. The zero-order chi connectivity index (χ0) is 19.2. The number of nitrogens with one attached hydrogen (secondary N) is 2. The minimum absolute atomic E-state index is 0.114. The lowest BCUT2D eigenvalue weighted by Gasteiger charge is -2.10. The molecule has 27 heavy (non-hydrogen) atoms. The van der Waals surface area contributed by atoms with Crippen molar-refractivity contribution in [2.24, 2.45) is 0 Å². The summed E-state index contributed by atoms with van der Waals surface area (Å²) in [6.45, 7) is 1.27. The zero-order valence-corrected chi connectivity index (χ0v) is 15.8. The Morgan fingerprint density at radius 2 is 1.96 bits per heavy atom. The number of rotatable bonds is 7. The summed E-state index contributed by atoms with van der Waals surface area (Å²) in [5.41, 5.74) is 0.578. The SMILES string of the molecule is O=C(CCn1ncc(=O)c2ccccc21)NCCNc1ncc(Cl)cc1Cl. The molecular formula is C18H17Cl2N5O2. The molecule has 0 saturated carbocycles. The standard InChI is InChI=1S/C18H17Cl2N5O2/c19-12-9-14(20)18(23-10-12)22-7-6-21-17(27)5-8-25-15-4-2-1-3-13(15)16(26)11-24-25/h1-4,9-11H,5-8H2,(H,21,27)(H,22,23). The monoisotopic (exact) mass is 405 g/mol. The van der Waals surface area contributed by atoms with Crippen molar-refractivity contribution >= 4 is 45.8 Å². The number of hydrogen-bond acceptors (Lipinski definition) is 5. The summed E-state index contributed by atoms with van der Waals surface area (Å²) in [6, 6.07) is 8.79. The van der Waals surface area contributed by atoms with Crippen LogP contribution in [0.25, 0.3) is 10.9 Å². The number of benzene rings is 1. The Labute approximate surface area is 165 Å². The minimum Gasteiger partial charge on any atom is -0.367 e. The van der Waals surface area contributed by atoms with Crippen LogP contribution in [0.5, 0.6) is 0 Å².